The Balaban J connectivity index is 2.04. The zero-order valence-electron chi connectivity index (χ0n) is 11.1. The smallest absolute Gasteiger partial charge is 0.0736 e. The van der Waals surface area contributed by atoms with Crippen LogP contribution in [0, 0.1) is 5.92 Å². The maximum Gasteiger partial charge on any atom is 0.0736 e. The number of aliphatic hydroxyl groups is 1. The topological polar surface area (TPSA) is 49.5 Å². The molecule has 3 nitrogen and oxygen atoms in total. The van der Waals surface area contributed by atoms with Gasteiger partial charge in [-0.3, -0.25) is 4.90 Å². The molecule has 2 rings (SSSR count). The fraction of sp³-hybridized carbons (Fsp3) is 0.600. The lowest BCUT2D eigenvalue weighted by Crippen LogP contribution is -2.53. The van der Waals surface area contributed by atoms with E-state index in [1.807, 2.05) is 6.07 Å². The molecule has 3 heteroatoms. The molecule has 0 amide bonds. The predicted molar refractivity (Wildman–Crippen MR) is 74.1 cm³/mol. The average Bonchev–Trinajstić information content (AvgIpc) is 2.40. The minimum absolute atomic E-state index is 0.243. The van der Waals surface area contributed by atoms with Gasteiger partial charge in [0.1, 0.15) is 0 Å². The monoisotopic (exact) mass is 248 g/mol. The second-order valence-corrected chi connectivity index (χ2v) is 5.21. The zero-order chi connectivity index (χ0) is 13.0. The van der Waals surface area contributed by atoms with Crippen molar-refractivity contribution < 1.29 is 5.11 Å². The second kappa shape index (κ2) is 6.32. The lowest BCUT2D eigenvalue weighted by Gasteiger charge is -2.42. The van der Waals surface area contributed by atoms with Crippen LogP contribution < -0.4 is 5.73 Å². The van der Waals surface area contributed by atoms with Gasteiger partial charge in [0.25, 0.3) is 0 Å². The SMILES string of the molecule is CCC1C(O)C(CN)CCN1Cc1ccccc1. The molecule has 0 bridgehead atoms. The van der Waals surface area contributed by atoms with E-state index in [1.54, 1.807) is 0 Å². The molecule has 0 radical (unpaired) electrons. The van der Waals surface area contributed by atoms with Gasteiger partial charge in [-0.2, -0.15) is 0 Å². The largest absolute Gasteiger partial charge is 0.391 e. The van der Waals surface area contributed by atoms with Crippen molar-refractivity contribution in [3.8, 4) is 0 Å². The number of hydrogen-bond acceptors (Lipinski definition) is 3. The van der Waals surface area contributed by atoms with Crippen LogP contribution in [0.2, 0.25) is 0 Å². The highest BCUT2D eigenvalue weighted by atomic mass is 16.3. The molecule has 3 atom stereocenters. The number of nitrogens with zero attached hydrogens (tertiary/aromatic N) is 1. The lowest BCUT2D eigenvalue weighted by atomic mass is 9.86. The molecule has 1 heterocycles. The molecule has 18 heavy (non-hydrogen) atoms. The van der Waals surface area contributed by atoms with Crippen LogP contribution in [0.25, 0.3) is 0 Å². The highest BCUT2D eigenvalue weighted by molar-refractivity contribution is 5.15. The van der Waals surface area contributed by atoms with Crippen LogP contribution in [-0.4, -0.2) is 35.2 Å². The third kappa shape index (κ3) is 2.91. The van der Waals surface area contributed by atoms with Crippen molar-refractivity contribution in [2.24, 2.45) is 11.7 Å². The van der Waals surface area contributed by atoms with E-state index in [1.165, 1.54) is 5.56 Å². The summed E-state index contributed by atoms with van der Waals surface area (Å²) < 4.78 is 0. The Bertz CT molecular complexity index is 355. The Labute approximate surface area is 110 Å². The number of benzene rings is 1. The van der Waals surface area contributed by atoms with Gasteiger partial charge in [-0.05, 0) is 37.4 Å². The Morgan fingerprint density at radius 2 is 2.06 bits per heavy atom. The molecule has 3 unspecified atom stereocenters. The van der Waals surface area contributed by atoms with Gasteiger partial charge in [-0.15, -0.1) is 0 Å². The van der Waals surface area contributed by atoms with Crippen molar-refractivity contribution in [2.45, 2.75) is 38.5 Å². The van der Waals surface area contributed by atoms with Gasteiger partial charge in [0, 0.05) is 12.6 Å². The summed E-state index contributed by atoms with van der Waals surface area (Å²) >= 11 is 0. The molecule has 1 saturated heterocycles. The van der Waals surface area contributed by atoms with Crippen molar-refractivity contribution in [3.05, 3.63) is 35.9 Å². The number of rotatable bonds is 4. The van der Waals surface area contributed by atoms with Crippen LogP contribution in [0.15, 0.2) is 30.3 Å². The van der Waals surface area contributed by atoms with Crippen LogP contribution in [0.5, 0.6) is 0 Å². The van der Waals surface area contributed by atoms with Crippen molar-refractivity contribution in [1.82, 2.24) is 4.90 Å². The first-order valence-electron chi connectivity index (χ1n) is 6.92. The number of piperidine rings is 1. The van der Waals surface area contributed by atoms with E-state index in [2.05, 4.69) is 36.1 Å². The first-order chi connectivity index (χ1) is 8.76. The summed E-state index contributed by atoms with van der Waals surface area (Å²) in [6.45, 7) is 4.70. The minimum Gasteiger partial charge on any atom is -0.391 e. The molecule has 1 aromatic carbocycles. The van der Waals surface area contributed by atoms with E-state index in [4.69, 9.17) is 5.73 Å². The molecule has 0 saturated carbocycles. The molecule has 100 valence electrons. The highest BCUT2D eigenvalue weighted by Crippen LogP contribution is 2.26. The average molecular weight is 248 g/mol. The van der Waals surface area contributed by atoms with Crippen LogP contribution in [0.3, 0.4) is 0 Å². The molecular formula is C15H24N2O. The van der Waals surface area contributed by atoms with E-state index >= 15 is 0 Å². The quantitative estimate of drug-likeness (QED) is 0.851. The number of aliphatic hydroxyl groups excluding tert-OH is 1. The Morgan fingerprint density at radius 3 is 2.67 bits per heavy atom. The predicted octanol–water partition coefficient (Wildman–Crippen LogP) is 1.61. The van der Waals surface area contributed by atoms with Crippen molar-refractivity contribution in [1.29, 1.82) is 0 Å². The van der Waals surface area contributed by atoms with E-state index < -0.39 is 0 Å². The third-order valence-corrected chi connectivity index (χ3v) is 4.08. The van der Waals surface area contributed by atoms with E-state index in [0.29, 0.717) is 6.54 Å². The van der Waals surface area contributed by atoms with Crippen LogP contribution in [0.4, 0.5) is 0 Å². The Kier molecular flexibility index (Phi) is 4.75. The molecule has 1 aliphatic rings. The van der Waals surface area contributed by atoms with E-state index in [0.717, 1.165) is 25.9 Å². The normalized spacial score (nSPS) is 29.4. The summed E-state index contributed by atoms with van der Waals surface area (Å²) in [5, 5.41) is 10.4. The zero-order valence-corrected chi connectivity index (χ0v) is 11.1. The summed E-state index contributed by atoms with van der Waals surface area (Å²) in [6.07, 6.45) is 1.70. The van der Waals surface area contributed by atoms with E-state index in [-0.39, 0.29) is 18.1 Å². The van der Waals surface area contributed by atoms with Gasteiger partial charge >= 0.3 is 0 Å². The summed E-state index contributed by atoms with van der Waals surface area (Å²) in [6, 6.07) is 10.7. The maximum absolute atomic E-state index is 10.4. The van der Waals surface area contributed by atoms with Gasteiger partial charge in [0.15, 0.2) is 0 Å². The third-order valence-electron chi connectivity index (χ3n) is 4.08. The second-order valence-electron chi connectivity index (χ2n) is 5.21. The van der Waals surface area contributed by atoms with Crippen molar-refractivity contribution >= 4 is 0 Å². The summed E-state index contributed by atoms with van der Waals surface area (Å²) in [5.41, 5.74) is 7.04. The molecule has 1 aliphatic heterocycles. The lowest BCUT2D eigenvalue weighted by molar-refractivity contribution is -0.0324. The van der Waals surface area contributed by atoms with Crippen molar-refractivity contribution in [3.63, 3.8) is 0 Å². The number of likely N-dealkylation sites (tertiary alicyclic amines) is 1. The highest BCUT2D eigenvalue weighted by Gasteiger charge is 2.34. The molecule has 3 N–H and O–H groups in total. The molecular weight excluding hydrogens is 224 g/mol. The molecule has 0 spiro atoms. The Morgan fingerprint density at radius 1 is 1.33 bits per heavy atom. The van der Waals surface area contributed by atoms with E-state index in [9.17, 15) is 5.11 Å². The van der Waals surface area contributed by atoms with Crippen LogP contribution in [-0.2, 0) is 6.54 Å². The van der Waals surface area contributed by atoms with Crippen LogP contribution >= 0.6 is 0 Å². The maximum atomic E-state index is 10.4. The minimum atomic E-state index is -0.280. The number of nitrogens with two attached hydrogens (primary N) is 1. The summed E-state index contributed by atoms with van der Waals surface area (Å²) in [4.78, 5) is 2.40. The fourth-order valence-corrected chi connectivity index (χ4v) is 2.97. The van der Waals surface area contributed by atoms with Gasteiger partial charge in [-0.1, -0.05) is 37.3 Å². The van der Waals surface area contributed by atoms with Crippen molar-refractivity contribution in [2.75, 3.05) is 13.1 Å². The fourth-order valence-electron chi connectivity index (χ4n) is 2.97. The standard InChI is InChI=1S/C15H24N2O/c1-2-14-15(18)13(10-16)8-9-17(14)11-12-6-4-3-5-7-12/h3-7,13-15,18H,2,8-11,16H2,1H3. The first kappa shape index (κ1) is 13.5. The first-order valence-corrected chi connectivity index (χ1v) is 6.92. The van der Waals surface area contributed by atoms with Gasteiger partial charge in [0.05, 0.1) is 6.10 Å². The number of hydrogen-bond donors (Lipinski definition) is 2. The summed E-state index contributed by atoms with van der Waals surface area (Å²) in [5.74, 6) is 0.266. The molecule has 1 fully saturated rings. The van der Waals surface area contributed by atoms with Crippen LogP contribution in [0.1, 0.15) is 25.3 Å². The molecule has 0 aliphatic carbocycles. The van der Waals surface area contributed by atoms with Gasteiger partial charge < -0.3 is 10.8 Å². The Hall–Kier alpha value is -0.900. The molecule has 1 aromatic rings. The summed E-state index contributed by atoms with van der Waals surface area (Å²) in [7, 11) is 0. The molecule has 0 aromatic heterocycles. The van der Waals surface area contributed by atoms with Gasteiger partial charge in [0.2, 0.25) is 0 Å². The van der Waals surface area contributed by atoms with Gasteiger partial charge in [-0.25, -0.2) is 0 Å².